The Hall–Kier alpha value is -0.180. The molecule has 8 heavy (non-hydrogen) atoms. The lowest BCUT2D eigenvalue weighted by Crippen LogP contribution is -2.09. The van der Waals surface area contributed by atoms with Gasteiger partial charge in [0.25, 0.3) is 0 Å². The highest BCUT2D eigenvalue weighted by atomic mass is 32.1. The Kier molecular flexibility index (Phi) is 1.47. The van der Waals surface area contributed by atoms with Gasteiger partial charge in [-0.25, -0.2) is 0 Å². The van der Waals surface area contributed by atoms with Crippen LogP contribution in [0, 0.1) is 0 Å². The number of ether oxygens (including phenoxy) is 1. The van der Waals surface area contributed by atoms with Crippen molar-refractivity contribution in [3.63, 3.8) is 0 Å². The summed E-state index contributed by atoms with van der Waals surface area (Å²) in [4.78, 5) is 10.4. The summed E-state index contributed by atoms with van der Waals surface area (Å²) in [5.74, 6) is -0.127. The molecule has 1 saturated heterocycles. The summed E-state index contributed by atoms with van der Waals surface area (Å²) >= 11 is 4.10. The smallest absolute Gasteiger partial charge is 0.307 e. The first-order valence-corrected chi connectivity index (χ1v) is 3.09. The van der Waals surface area contributed by atoms with Crippen molar-refractivity contribution in [1.29, 1.82) is 0 Å². The number of rotatable bonds is 0. The molecule has 1 rings (SSSR count). The summed E-state index contributed by atoms with van der Waals surface area (Å²) in [7, 11) is 0. The number of hydrogen-bond donors (Lipinski definition) is 1. The summed E-state index contributed by atoms with van der Waals surface area (Å²) in [6.45, 7) is 1.85. The fourth-order valence-corrected chi connectivity index (χ4v) is 0.881. The molecule has 0 amide bonds. The highest BCUT2D eigenvalue weighted by molar-refractivity contribution is 7.81. The lowest BCUT2D eigenvalue weighted by molar-refractivity contribution is -0.140. The van der Waals surface area contributed by atoms with Gasteiger partial charge >= 0.3 is 5.97 Å². The molecule has 2 atom stereocenters. The SMILES string of the molecule is CC1OC(=O)CC1S. The van der Waals surface area contributed by atoms with E-state index in [9.17, 15) is 4.79 Å². The van der Waals surface area contributed by atoms with Gasteiger partial charge in [-0.3, -0.25) is 4.79 Å². The van der Waals surface area contributed by atoms with Crippen LogP contribution in [-0.2, 0) is 9.53 Å². The number of carbonyl (C=O) groups is 1. The van der Waals surface area contributed by atoms with Crippen LogP contribution in [0.4, 0.5) is 0 Å². The van der Waals surface area contributed by atoms with E-state index in [1.165, 1.54) is 0 Å². The van der Waals surface area contributed by atoms with Crippen LogP contribution in [0.2, 0.25) is 0 Å². The normalized spacial score (nSPS) is 37.5. The first-order chi connectivity index (χ1) is 3.70. The lowest BCUT2D eigenvalue weighted by Gasteiger charge is -2.02. The highest BCUT2D eigenvalue weighted by Gasteiger charge is 2.27. The molecule has 46 valence electrons. The summed E-state index contributed by atoms with van der Waals surface area (Å²) in [6, 6.07) is 0. The molecule has 1 fully saturated rings. The maximum Gasteiger partial charge on any atom is 0.307 e. The van der Waals surface area contributed by atoms with Gasteiger partial charge in [0.15, 0.2) is 0 Å². The van der Waals surface area contributed by atoms with E-state index in [-0.39, 0.29) is 17.3 Å². The maximum absolute atomic E-state index is 10.4. The summed E-state index contributed by atoms with van der Waals surface area (Å²) in [5, 5.41) is 0.113. The number of cyclic esters (lactones) is 1. The van der Waals surface area contributed by atoms with E-state index in [1.54, 1.807) is 0 Å². The van der Waals surface area contributed by atoms with Crippen LogP contribution in [0.5, 0.6) is 0 Å². The van der Waals surface area contributed by atoms with E-state index in [0.717, 1.165) is 0 Å². The molecule has 0 saturated carbocycles. The quantitative estimate of drug-likeness (QED) is 0.386. The van der Waals surface area contributed by atoms with E-state index >= 15 is 0 Å². The molecule has 1 heterocycles. The van der Waals surface area contributed by atoms with Crippen molar-refractivity contribution in [2.45, 2.75) is 24.7 Å². The van der Waals surface area contributed by atoms with Gasteiger partial charge in [0, 0.05) is 5.25 Å². The van der Waals surface area contributed by atoms with Crippen LogP contribution < -0.4 is 0 Å². The van der Waals surface area contributed by atoms with Gasteiger partial charge in [-0.15, -0.1) is 0 Å². The molecule has 0 aromatic carbocycles. The van der Waals surface area contributed by atoms with Crippen molar-refractivity contribution in [2.75, 3.05) is 0 Å². The molecule has 3 heteroatoms. The highest BCUT2D eigenvalue weighted by Crippen LogP contribution is 2.18. The Balaban J connectivity index is 2.51. The Bertz CT molecular complexity index is 101. The van der Waals surface area contributed by atoms with Gasteiger partial charge < -0.3 is 4.74 Å². The van der Waals surface area contributed by atoms with Gasteiger partial charge in [-0.2, -0.15) is 12.6 Å². The zero-order valence-corrected chi connectivity index (χ0v) is 5.52. The van der Waals surface area contributed by atoms with E-state index in [0.29, 0.717) is 6.42 Å². The van der Waals surface area contributed by atoms with E-state index in [4.69, 9.17) is 4.74 Å². The van der Waals surface area contributed by atoms with Gasteiger partial charge in [0.2, 0.25) is 0 Å². The first-order valence-electron chi connectivity index (χ1n) is 2.57. The van der Waals surface area contributed by atoms with Gasteiger partial charge in [0.1, 0.15) is 6.10 Å². The fraction of sp³-hybridized carbons (Fsp3) is 0.800. The minimum atomic E-state index is -0.127. The third kappa shape index (κ3) is 0.968. The van der Waals surface area contributed by atoms with Crippen LogP contribution >= 0.6 is 12.6 Å². The number of thiol groups is 1. The Morgan fingerprint density at radius 2 is 2.50 bits per heavy atom. The Labute approximate surface area is 53.6 Å². The molecule has 0 aromatic rings. The molecule has 2 unspecified atom stereocenters. The van der Waals surface area contributed by atoms with Crippen LogP contribution in [0.1, 0.15) is 13.3 Å². The van der Waals surface area contributed by atoms with Crippen LogP contribution in [-0.4, -0.2) is 17.3 Å². The van der Waals surface area contributed by atoms with E-state index in [1.807, 2.05) is 6.92 Å². The average Bonchev–Trinajstić information content (AvgIpc) is 1.85. The summed E-state index contributed by atoms with van der Waals surface area (Å²) in [5.41, 5.74) is 0. The van der Waals surface area contributed by atoms with Crippen molar-refractivity contribution in [1.82, 2.24) is 0 Å². The zero-order valence-electron chi connectivity index (χ0n) is 4.63. The molecule has 0 N–H and O–H groups in total. The maximum atomic E-state index is 10.4. The molecule has 1 aliphatic rings. The first kappa shape index (κ1) is 5.95. The van der Waals surface area contributed by atoms with Crippen molar-refractivity contribution >= 4 is 18.6 Å². The average molecular weight is 132 g/mol. The number of carbonyl (C=O) groups excluding carboxylic acids is 1. The largest absolute Gasteiger partial charge is 0.461 e. The molecule has 0 aliphatic carbocycles. The minimum Gasteiger partial charge on any atom is -0.461 e. The van der Waals surface area contributed by atoms with E-state index in [2.05, 4.69) is 12.6 Å². The second kappa shape index (κ2) is 1.97. The van der Waals surface area contributed by atoms with Gasteiger partial charge in [0.05, 0.1) is 6.42 Å². The van der Waals surface area contributed by atoms with Gasteiger partial charge in [-0.05, 0) is 6.92 Å². The van der Waals surface area contributed by atoms with Crippen molar-refractivity contribution in [3.8, 4) is 0 Å². The number of hydrogen-bond acceptors (Lipinski definition) is 3. The fourth-order valence-electron chi connectivity index (χ4n) is 0.671. The van der Waals surface area contributed by atoms with Crippen LogP contribution in [0.3, 0.4) is 0 Å². The number of esters is 1. The van der Waals surface area contributed by atoms with Crippen LogP contribution in [0.25, 0.3) is 0 Å². The lowest BCUT2D eigenvalue weighted by atomic mass is 10.2. The monoisotopic (exact) mass is 132 g/mol. The molecule has 0 aromatic heterocycles. The molecule has 0 spiro atoms. The minimum absolute atomic E-state index is 0.00540. The molecule has 0 bridgehead atoms. The molecular weight excluding hydrogens is 124 g/mol. The molecule has 2 nitrogen and oxygen atoms in total. The topological polar surface area (TPSA) is 26.3 Å². The summed E-state index contributed by atoms with van der Waals surface area (Å²) in [6.07, 6.45) is 0.468. The molecule has 1 aliphatic heterocycles. The third-order valence-electron chi connectivity index (χ3n) is 1.23. The zero-order chi connectivity index (χ0) is 6.15. The predicted molar refractivity (Wildman–Crippen MR) is 32.9 cm³/mol. The molecular formula is C5H8O2S. The van der Waals surface area contributed by atoms with Crippen molar-refractivity contribution in [2.24, 2.45) is 0 Å². The van der Waals surface area contributed by atoms with Crippen molar-refractivity contribution < 1.29 is 9.53 Å². The Morgan fingerprint density at radius 3 is 2.62 bits per heavy atom. The standard InChI is InChI=1S/C5H8O2S/c1-3-4(8)2-5(6)7-3/h3-4,8H,2H2,1H3. The van der Waals surface area contributed by atoms with E-state index < -0.39 is 0 Å². The molecule has 0 radical (unpaired) electrons. The second-order valence-electron chi connectivity index (χ2n) is 1.97. The van der Waals surface area contributed by atoms with Crippen molar-refractivity contribution in [3.05, 3.63) is 0 Å². The predicted octanol–water partition coefficient (Wildman–Crippen LogP) is 0.620. The Morgan fingerprint density at radius 1 is 1.88 bits per heavy atom. The van der Waals surface area contributed by atoms with Gasteiger partial charge in [-0.1, -0.05) is 0 Å². The third-order valence-corrected chi connectivity index (χ3v) is 1.84. The second-order valence-corrected chi connectivity index (χ2v) is 2.63. The van der Waals surface area contributed by atoms with Crippen LogP contribution in [0.15, 0.2) is 0 Å². The summed E-state index contributed by atoms with van der Waals surface area (Å²) < 4.78 is 4.76.